The summed E-state index contributed by atoms with van der Waals surface area (Å²) in [6.07, 6.45) is 3.22. The summed E-state index contributed by atoms with van der Waals surface area (Å²) in [7, 11) is 1.82. The highest BCUT2D eigenvalue weighted by molar-refractivity contribution is 5.87. The van der Waals surface area contributed by atoms with Crippen LogP contribution < -0.4 is 0 Å². The highest BCUT2D eigenvalue weighted by Crippen LogP contribution is 2.35. The molecule has 2 atom stereocenters. The van der Waals surface area contributed by atoms with Crippen molar-refractivity contribution < 1.29 is 9.59 Å². The van der Waals surface area contributed by atoms with E-state index in [1.54, 1.807) is 4.90 Å². The maximum Gasteiger partial charge on any atom is 0.226 e. The van der Waals surface area contributed by atoms with Crippen LogP contribution in [0.5, 0.6) is 0 Å². The summed E-state index contributed by atoms with van der Waals surface area (Å²) in [5.41, 5.74) is 3.79. The Morgan fingerprint density at radius 2 is 1.91 bits per heavy atom. The van der Waals surface area contributed by atoms with Gasteiger partial charge in [-0.05, 0) is 49.8 Å². The fourth-order valence-corrected chi connectivity index (χ4v) is 3.74. The fraction of sp³-hybridized carbons (Fsp3) is 0.579. The van der Waals surface area contributed by atoms with Gasteiger partial charge < -0.3 is 9.80 Å². The third kappa shape index (κ3) is 3.12. The molecule has 4 nitrogen and oxygen atoms in total. The van der Waals surface area contributed by atoms with E-state index < -0.39 is 0 Å². The average Bonchev–Trinajstić information content (AvgIpc) is 3.01. The Morgan fingerprint density at radius 3 is 2.61 bits per heavy atom. The molecule has 0 unspecified atom stereocenters. The summed E-state index contributed by atoms with van der Waals surface area (Å²) in [5.74, 6) is 0.134. The Kier molecular flexibility index (Phi) is 4.42. The van der Waals surface area contributed by atoms with Crippen molar-refractivity contribution in [2.75, 3.05) is 20.1 Å². The molecule has 0 radical (unpaired) electrons. The van der Waals surface area contributed by atoms with E-state index in [1.807, 2.05) is 11.9 Å². The van der Waals surface area contributed by atoms with Gasteiger partial charge in [0.2, 0.25) is 11.8 Å². The van der Waals surface area contributed by atoms with Gasteiger partial charge in [-0.1, -0.05) is 18.2 Å². The van der Waals surface area contributed by atoms with E-state index in [0.29, 0.717) is 13.0 Å². The molecule has 0 N–H and O–H groups in total. The minimum atomic E-state index is -0.133. The molecule has 0 aliphatic carbocycles. The molecule has 2 heterocycles. The van der Waals surface area contributed by atoms with Crippen molar-refractivity contribution in [1.29, 1.82) is 0 Å². The van der Waals surface area contributed by atoms with Crippen molar-refractivity contribution in [3.63, 3.8) is 0 Å². The molecule has 2 fully saturated rings. The molecule has 2 aliphatic rings. The van der Waals surface area contributed by atoms with Crippen LogP contribution >= 0.6 is 0 Å². The van der Waals surface area contributed by atoms with Crippen molar-refractivity contribution in [3.05, 3.63) is 34.9 Å². The number of amides is 2. The van der Waals surface area contributed by atoms with E-state index in [9.17, 15) is 9.59 Å². The summed E-state index contributed by atoms with van der Waals surface area (Å²) in [5, 5.41) is 0. The minimum Gasteiger partial charge on any atom is -0.346 e. The number of nitrogens with zero attached hydrogens (tertiary/aromatic N) is 2. The van der Waals surface area contributed by atoms with Gasteiger partial charge in [-0.3, -0.25) is 9.59 Å². The lowest BCUT2D eigenvalue weighted by Crippen LogP contribution is -2.43. The first-order valence-corrected chi connectivity index (χ1v) is 8.59. The molecular weight excluding hydrogens is 288 g/mol. The number of carbonyl (C=O) groups excluding carboxylic acids is 2. The van der Waals surface area contributed by atoms with Gasteiger partial charge in [0.15, 0.2) is 0 Å². The lowest BCUT2D eigenvalue weighted by atomic mass is 9.93. The molecule has 0 spiro atoms. The Bertz CT molecular complexity index is 626. The van der Waals surface area contributed by atoms with Crippen molar-refractivity contribution in [2.45, 2.75) is 45.6 Å². The van der Waals surface area contributed by atoms with Gasteiger partial charge in [0, 0.05) is 32.5 Å². The quantitative estimate of drug-likeness (QED) is 0.842. The van der Waals surface area contributed by atoms with Crippen LogP contribution in [-0.4, -0.2) is 41.8 Å². The molecule has 2 saturated heterocycles. The van der Waals surface area contributed by atoms with Crippen LogP contribution in [0.15, 0.2) is 18.2 Å². The summed E-state index contributed by atoms with van der Waals surface area (Å²) in [4.78, 5) is 28.6. The number of carbonyl (C=O) groups is 2. The summed E-state index contributed by atoms with van der Waals surface area (Å²) >= 11 is 0. The molecule has 3 rings (SSSR count). The number of hydrogen-bond acceptors (Lipinski definition) is 2. The predicted molar refractivity (Wildman–Crippen MR) is 90.0 cm³/mol. The third-order valence-electron chi connectivity index (χ3n) is 5.46. The van der Waals surface area contributed by atoms with Crippen LogP contribution in [0.4, 0.5) is 0 Å². The molecule has 0 aromatic heterocycles. The molecule has 0 bridgehead atoms. The van der Waals surface area contributed by atoms with E-state index in [1.165, 1.54) is 16.7 Å². The van der Waals surface area contributed by atoms with Gasteiger partial charge in [-0.2, -0.15) is 0 Å². The molecule has 2 amide bonds. The Hall–Kier alpha value is -1.84. The van der Waals surface area contributed by atoms with Crippen molar-refractivity contribution >= 4 is 11.8 Å². The molecule has 4 heteroatoms. The summed E-state index contributed by atoms with van der Waals surface area (Å²) in [6.45, 7) is 5.74. The number of aryl methyl sites for hydroxylation is 2. The average molecular weight is 314 g/mol. The number of hydrogen-bond donors (Lipinski definition) is 0. The highest BCUT2D eigenvalue weighted by Gasteiger charge is 2.36. The lowest BCUT2D eigenvalue weighted by Gasteiger charge is -2.33. The molecule has 2 aliphatic heterocycles. The third-order valence-corrected chi connectivity index (χ3v) is 5.46. The zero-order valence-corrected chi connectivity index (χ0v) is 14.3. The van der Waals surface area contributed by atoms with Gasteiger partial charge in [-0.25, -0.2) is 0 Å². The van der Waals surface area contributed by atoms with Gasteiger partial charge in [0.25, 0.3) is 0 Å². The van der Waals surface area contributed by atoms with Gasteiger partial charge >= 0.3 is 0 Å². The summed E-state index contributed by atoms with van der Waals surface area (Å²) in [6, 6.07) is 6.69. The molecule has 1 aromatic carbocycles. The zero-order valence-electron chi connectivity index (χ0n) is 14.3. The first kappa shape index (κ1) is 16.0. The van der Waals surface area contributed by atoms with E-state index in [4.69, 9.17) is 0 Å². The van der Waals surface area contributed by atoms with Crippen LogP contribution in [0.1, 0.15) is 48.4 Å². The maximum absolute atomic E-state index is 12.9. The van der Waals surface area contributed by atoms with E-state index >= 15 is 0 Å². The molecule has 23 heavy (non-hydrogen) atoms. The predicted octanol–water partition coefficient (Wildman–Crippen LogP) is 2.84. The second-order valence-electron chi connectivity index (χ2n) is 7.04. The normalized spacial score (nSPS) is 25.1. The van der Waals surface area contributed by atoms with Crippen LogP contribution in [0.3, 0.4) is 0 Å². The van der Waals surface area contributed by atoms with E-state index in [0.717, 1.165) is 25.8 Å². The summed E-state index contributed by atoms with van der Waals surface area (Å²) < 4.78 is 0. The van der Waals surface area contributed by atoms with Crippen LogP contribution in [0, 0.1) is 19.8 Å². The monoisotopic (exact) mass is 314 g/mol. The van der Waals surface area contributed by atoms with Crippen molar-refractivity contribution in [3.8, 4) is 0 Å². The van der Waals surface area contributed by atoms with Crippen molar-refractivity contribution in [1.82, 2.24) is 9.80 Å². The van der Waals surface area contributed by atoms with Crippen LogP contribution in [0.2, 0.25) is 0 Å². The van der Waals surface area contributed by atoms with E-state index in [2.05, 4.69) is 32.0 Å². The largest absolute Gasteiger partial charge is 0.346 e. The lowest BCUT2D eigenvalue weighted by molar-refractivity contribution is -0.145. The van der Waals surface area contributed by atoms with E-state index in [-0.39, 0.29) is 23.8 Å². The number of likely N-dealkylation sites (tertiary alicyclic amines) is 2. The standard InChI is InChI=1S/C19H26N2O2/c1-13-6-7-15(11-14(13)2)17-5-4-9-21(17)19(23)16-8-10-20(3)18(22)12-16/h6-7,11,16-17H,4-5,8-10,12H2,1-3H3/t16-,17-/m0/s1. The first-order chi connectivity index (χ1) is 11.0. The fourth-order valence-electron chi connectivity index (χ4n) is 3.74. The zero-order chi connectivity index (χ0) is 16.6. The molecule has 1 aromatic rings. The molecular formula is C19H26N2O2. The van der Waals surface area contributed by atoms with Crippen LogP contribution in [-0.2, 0) is 9.59 Å². The number of benzene rings is 1. The van der Waals surface area contributed by atoms with Crippen molar-refractivity contribution in [2.24, 2.45) is 5.92 Å². The second kappa shape index (κ2) is 6.34. The van der Waals surface area contributed by atoms with Gasteiger partial charge in [0.05, 0.1) is 6.04 Å². The SMILES string of the molecule is Cc1ccc([C@@H]2CCCN2C(=O)[C@H]2CCN(C)C(=O)C2)cc1C. The Balaban J connectivity index is 1.77. The number of piperidine rings is 1. The second-order valence-corrected chi connectivity index (χ2v) is 7.04. The number of rotatable bonds is 2. The first-order valence-electron chi connectivity index (χ1n) is 8.59. The maximum atomic E-state index is 12.9. The molecule has 124 valence electrons. The Labute approximate surface area is 138 Å². The molecule has 0 saturated carbocycles. The van der Waals surface area contributed by atoms with Gasteiger partial charge in [0.1, 0.15) is 0 Å². The highest BCUT2D eigenvalue weighted by atomic mass is 16.2. The van der Waals surface area contributed by atoms with Gasteiger partial charge in [-0.15, -0.1) is 0 Å². The topological polar surface area (TPSA) is 40.6 Å². The minimum absolute atomic E-state index is 0.0940. The van der Waals surface area contributed by atoms with Crippen LogP contribution in [0.25, 0.3) is 0 Å². The Morgan fingerprint density at radius 1 is 1.13 bits per heavy atom. The smallest absolute Gasteiger partial charge is 0.226 e.